The van der Waals surface area contributed by atoms with Gasteiger partial charge in [0.05, 0.1) is 11.8 Å². The van der Waals surface area contributed by atoms with Crippen LogP contribution in [0.4, 0.5) is 11.5 Å². The van der Waals surface area contributed by atoms with Crippen LogP contribution in [0.15, 0.2) is 12.1 Å². The Balaban J connectivity index is 2.74. The van der Waals surface area contributed by atoms with Gasteiger partial charge in [-0.25, -0.2) is 0 Å². The maximum atomic E-state index is 5.81. The summed E-state index contributed by atoms with van der Waals surface area (Å²) in [6, 6.07) is 4.11. The number of aromatic nitrogens is 1. The SMILES string of the molecule is CCCC(C)Nc1ccc(N)c(OC(C)C)n1. The minimum atomic E-state index is 0.0770. The molecule has 0 aliphatic carbocycles. The van der Waals surface area contributed by atoms with Crippen LogP contribution in [0, 0.1) is 0 Å². The smallest absolute Gasteiger partial charge is 0.239 e. The molecule has 1 aromatic rings. The topological polar surface area (TPSA) is 60.2 Å². The Morgan fingerprint density at radius 1 is 1.35 bits per heavy atom. The van der Waals surface area contributed by atoms with E-state index in [4.69, 9.17) is 10.5 Å². The molecule has 4 nitrogen and oxygen atoms in total. The molecule has 3 N–H and O–H groups in total. The number of hydrogen-bond donors (Lipinski definition) is 2. The van der Waals surface area contributed by atoms with Crippen molar-refractivity contribution in [3.05, 3.63) is 12.1 Å². The van der Waals surface area contributed by atoms with Crippen LogP contribution in [0.5, 0.6) is 5.88 Å². The van der Waals surface area contributed by atoms with Crippen molar-refractivity contribution in [2.45, 2.75) is 52.7 Å². The summed E-state index contributed by atoms with van der Waals surface area (Å²) < 4.78 is 5.55. The molecule has 0 spiro atoms. The van der Waals surface area contributed by atoms with Crippen LogP contribution < -0.4 is 15.8 Å². The highest BCUT2D eigenvalue weighted by molar-refractivity contribution is 5.53. The Morgan fingerprint density at radius 2 is 2.06 bits per heavy atom. The lowest BCUT2D eigenvalue weighted by Crippen LogP contribution is -2.16. The predicted molar refractivity (Wildman–Crippen MR) is 72.4 cm³/mol. The van der Waals surface area contributed by atoms with Gasteiger partial charge in [0.15, 0.2) is 0 Å². The zero-order valence-corrected chi connectivity index (χ0v) is 11.2. The van der Waals surface area contributed by atoms with Crippen molar-refractivity contribution < 1.29 is 4.74 Å². The van der Waals surface area contributed by atoms with E-state index in [2.05, 4.69) is 24.1 Å². The molecule has 0 fully saturated rings. The van der Waals surface area contributed by atoms with Crippen molar-refractivity contribution in [3.8, 4) is 5.88 Å². The van der Waals surface area contributed by atoms with E-state index in [1.54, 1.807) is 0 Å². The Bertz CT molecular complexity index is 353. The van der Waals surface area contributed by atoms with Gasteiger partial charge in [0.1, 0.15) is 5.82 Å². The van der Waals surface area contributed by atoms with Crippen LogP contribution in [0.3, 0.4) is 0 Å². The summed E-state index contributed by atoms with van der Waals surface area (Å²) in [7, 11) is 0. The van der Waals surface area contributed by atoms with Gasteiger partial charge in [-0.3, -0.25) is 0 Å². The van der Waals surface area contributed by atoms with Gasteiger partial charge >= 0.3 is 0 Å². The second kappa shape index (κ2) is 6.33. The van der Waals surface area contributed by atoms with Crippen LogP contribution in [0.25, 0.3) is 0 Å². The third-order valence-electron chi connectivity index (χ3n) is 2.35. The molecule has 0 saturated carbocycles. The fraction of sp³-hybridized carbons (Fsp3) is 0.615. The van der Waals surface area contributed by atoms with Gasteiger partial charge in [-0.05, 0) is 39.3 Å². The zero-order chi connectivity index (χ0) is 12.8. The molecule has 1 rings (SSSR count). The van der Waals surface area contributed by atoms with E-state index in [0.717, 1.165) is 18.7 Å². The second-order valence-corrected chi connectivity index (χ2v) is 4.59. The van der Waals surface area contributed by atoms with Gasteiger partial charge in [-0.15, -0.1) is 0 Å². The van der Waals surface area contributed by atoms with Gasteiger partial charge in [-0.1, -0.05) is 13.3 Å². The van der Waals surface area contributed by atoms with Crippen LogP contribution >= 0.6 is 0 Å². The number of hydrogen-bond acceptors (Lipinski definition) is 4. The number of nitrogens with one attached hydrogen (secondary N) is 1. The first-order valence-electron chi connectivity index (χ1n) is 6.22. The molecule has 0 bridgehead atoms. The largest absolute Gasteiger partial charge is 0.473 e. The molecule has 0 aliphatic heterocycles. The van der Waals surface area contributed by atoms with E-state index < -0.39 is 0 Å². The third-order valence-corrected chi connectivity index (χ3v) is 2.35. The van der Waals surface area contributed by atoms with Crippen LogP contribution in [-0.4, -0.2) is 17.1 Å². The summed E-state index contributed by atoms with van der Waals surface area (Å²) in [5.74, 6) is 1.32. The molecule has 0 aromatic carbocycles. The van der Waals surface area contributed by atoms with E-state index >= 15 is 0 Å². The summed E-state index contributed by atoms with van der Waals surface area (Å²) in [4.78, 5) is 4.38. The number of nitrogen functional groups attached to an aromatic ring is 1. The third kappa shape index (κ3) is 4.51. The summed E-state index contributed by atoms with van der Waals surface area (Å²) in [6.45, 7) is 8.23. The average molecular weight is 237 g/mol. The molecule has 0 saturated heterocycles. The number of nitrogens with two attached hydrogens (primary N) is 1. The first kappa shape index (κ1) is 13.6. The standard InChI is InChI=1S/C13H23N3O/c1-5-6-10(4)15-12-8-7-11(14)13(16-12)17-9(2)3/h7-10H,5-6,14H2,1-4H3,(H,15,16). The number of ether oxygens (including phenoxy) is 1. The highest BCUT2D eigenvalue weighted by Gasteiger charge is 2.08. The van der Waals surface area contributed by atoms with E-state index in [1.807, 2.05) is 26.0 Å². The second-order valence-electron chi connectivity index (χ2n) is 4.59. The van der Waals surface area contributed by atoms with Crippen molar-refractivity contribution >= 4 is 11.5 Å². The molecular weight excluding hydrogens is 214 g/mol. The van der Waals surface area contributed by atoms with E-state index in [-0.39, 0.29) is 6.10 Å². The maximum absolute atomic E-state index is 5.81. The quantitative estimate of drug-likeness (QED) is 0.798. The molecule has 4 heteroatoms. The Kier molecular flexibility index (Phi) is 5.07. The Labute approximate surface area is 104 Å². The summed E-state index contributed by atoms with van der Waals surface area (Å²) in [5.41, 5.74) is 6.39. The maximum Gasteiger partial charge on any atom is 0.239 e. The average Bonchev–Trinajstić information content (AvgIpc) is 2.22. The highest BCUT2D eigenvalue weighted by atomic mass is 16.5. The number of nitrogens with zero attached hydrogens (tertiary/aromatic N) is 1. The number of anilines is 2. The Morgan fingerprint density at radius 3 is 2.65 bits per heavy atom. The highest BCUT2D eigenvalue weighted by Crippen LogP contribution is 2.22. The fourth-order valence-electron chi connectivity index (χ4n) is 1.61. The fourth-order valence-corrected chi connectivity index (χ4v) is 1.61. The minimum absolute atomic E-state index is 0.0770. The van der Waals surface area contributed by atoms with E-state index in [0.29, 0.717) is 17.6 Å². The van der Waals surface area contributed by atoms with Gasteiger partial charge in [0, 0.05) is 6.04 Å². The molecule has 0 aliphatic rings. The first-order chi connectivity index (χ1) is 8.02. The minimum Gasteiger partial charge on any atom is -0.473 e. The first-order valence-corrected chi connectivity index (χ1v) is 6.22. The molecule has 0 amide bonds. The van der Waals surface area contributed by atoms with Gasteiger partial charge < -0.3 is 15.8 Å². The molecule has 17 heavy (non-hydrogen) atoms. The summed E-state index contributed by atoms with van der Waals surface area (Å²) in [6.07, 6.45) is 2.35. The van der Waals surface area contributed by atoms with Crippen molar-refractivity contribution in [2.24, 2.45) is 0 Å². The Hall–Kier alpha value is -1.45. The van der Waals surface area contributed by atoms with Crippen molar-refractivity contribution in [1.82, 2.24) is 4.98 Å². The lowest BCUT2D eigenvalue weighted by Gasteiger charge is -2.16. The van der Waals surface area contributed by atoms with Crippen LogP contribution in [0.1, 0.15) is 40.5 Å². The zero-order valence-electron chi connectivity index (χ0n) is 11.2. The van der Waals surface area contributed by atoms with Crippen molar-refractivity contribution in [1.29, 1.82) is 0 Å². The lowest BCUT2D eigenvalue weighted by molar-refractivity contribution is 0.234. The normalized spacial score (nSPS) is 12.5. The number of pyridine rings is 1. The van der Waals surface area contributed by atoms with Crippen molar-refractivity contribution in [2.75, 3.05) is 11.1 Å². The molecule has 1 unspecified atom stereocenters. The number of rotatable bonds is 6. The van der Waals surface area contributed by atoms with E-state index in [9.17, 15) is 0 Å². The summed E-state index contributed by atoms with van der Waals surface area (Å²) in [5, 5.41) is 3.34. The van der Waals surface area contributed by atoms with Crippen LogP contribution in [-0.2, 0) is 0 Å². The van der Waals surface area contributed by atoms with Gasteiger partial charge in [-0.2, -0.15) is 4.98 Å². The van der Waals surface area contributed by atoms with E-state index in [1.165, 1.54) is 0 Å². The van der Waals surface area contributed by atoms with Crippen molar-refractivity contribution in [3.63, 3.8) is 0 Å². The monoisotopic (exact) mass is 237 g/mol. The molecule has 1 atom stereocenters. The van der Waals surface area contributed by atoms with Crippen LogP contribution in [0.2, 0.25) is 0 Å². The predicted octanol–water partition coefficient (Wildman–Crippen LogP) is 3.05. The molecule has 0 radical (unpaired) electrons. The lowest BCUT2D eigenvalue weighted by atomic mass is 10.2. The van der Waals surface area contributed by atoms with Gasteiger partial charge in [0.25, 0.3) is 0 Å². The molecule has 96 valence electrons. The molecular formula is C13H23N3O. The molecule has 1 heterocycles. The van der Waals surface area contributed by atoms with Gasteiger partial charge in [0.2, 0.25) is 5.88 Å². The molecule has 1 aromatic heterocycles. The summed E-state index contributed by atoms with van der Waals surface area (Å²) >= 11 is 0.